The van der Waals surface area contributed by atoms with Gasteiger partial charge in [0.2, 0.25) is 0 Å². The van der Waals surface area contributed by atoms with Crippen molar-refractivity contribution in [3.05, 3.63) is 41.6 Å². The summed E-state index contributed by atoms with van der Waals surface area (Å²) in [6, 6.07) is 6.40. The number of aliphatic hydroxyl groups is 1. The summed E-state index contributed by atoms with van der Waals surface area (Å²) < 4.78 is 46.2. The number of thiazole rings is 1. The van der Waals surface area contributed by atoms with E-state index in [-0.39, 0.29) is 24.3 Å². The van der Waals surface area contributed by atoms with Gasteiger partial charge in [0, 0.05) is 11.8 Å². The molecule has 160 valence electrons. The molecule has 1 fully saturated rings. The van der Waals surface area contributed by atoms with Gasteiger partial charge in [-0.2, -0.15) is 13.2 Å². The number of nitrogens with zero attached hydrogens (tertiary/aromatic N) is 2. The molecule has 2 heterocycles. The zero-order valence-corrected chi connectivity index (χ0v) is 16.8. The van der Waals surface area contributed by atoms with Crippen LogP contribution < -0.4 is 15.8 Å². The molecule has 0 radical (unpaired) electrons. The summed E-state index contributed by atoms with van der Waals surface area (Å²) in [5.74, 6) is -0.138. The maximum atomic E-state index is 13.3. The van der Waals surface area contributed by atoms with E-state index < -0.39 is 17.6 Å². The molecule has 1 aromatic carbocycles. The van der Waals surface area contributed by atoms with Crippen LogP contribution in [0.25, 0.3) is 10.2 Å². The molecule has 0 bridgehead atoms. The summed E-state index contributed by atoms with van der Waals surface area (Å²) in [6.45, 7) is -0.286. The highest BCUT2D eigenvalue weighted by Gasteiger charge is 2.36. The first-order chi connectivity index (χ1) is 14.3. The van der Waals surface area contributed by atoms with Gasteiger partial charge in [-0.05, 0) is 37.1 Å². The van der Waals surface area contributed by atoms with Crippen molar-refractivity contribution < 1.29 is 23.0 Å². The molecule has 0 amide bonds. The third-order valence-corrected chi connectivity index (χ3v) is 6.09. The largest absolute Gasteiger partial charge is 0.489 e. The summed E-state index contributed by atoms with van der Waals surface area (Å²) >= 11 is 1.42. The van der Waals surface area contributed by atoms with Crippen molar-refractivity contribution in [1.82, 2.24) is 9.97 Å². The highest BCUT2D eigenvalue weighted by atomic mass is 32.1. The molecule has 1 saturated carbocycles. The van der Waals surface area contributed by atoms with Gasteiger partial charge in [0.25, 0.3) is 0 Å². The fraction of sp³-hybridized carbons (Fsp3) is 0.400. The molecule has 30 heavy (non-hydrogen) atoms. The Balaban J connectivity index is 1.49. The van der Waals surface area contributed by atoms with Crippen molar-refractivity contribution >= 4 is 32.5 Å². The third-order valence-electron chi connectivity index (χ3n) is 5.14. The predicted molar refractivity (Wildman–Crippen MR) is 109 cm³/mol. The fourth-order valence-corrected chi connectivity index (χ4v) is 4.58. The monoisotopic (exact) mass is 438 g/mol. The highest BCUT2D eigenvalue weighted by Crippen LogP contribution is 2.36. The molecule has 2 atom stereocenters. The lowest BCUT2D eigenvalue weighted by Crippen LogP contribution is -2.36. The second-order valence-corrected chi connectivity index (χ2v) is 8.30. The number of fused-ring (bicyclic) bond motifs is 1. The van der Waals surface area contributed by atoms with Gasteiger partial charge in [0.1, 0.15) is 23.7 Å². The first-order valence-corrected chi connectivity index (χ1v) is 10.4. The molecule has 4 rings (SSSR count). The Morgan fingerprint density at radius 2 is 2.03 bits per heavy atom. The molecule has 10 heteroatoms. The zero-order valence-electron chi connectivity index (χ0n) is 15.9. The average molecular weight is 438 g/mol. The summed E-state index contributed by atoms with van der Waals surface area (Å²) in [7, 11) is 0. The van der Waals surface area contributed by atoms with Gasteiger partial charge in [-0.25, -0.2) is 9.97 Å². The van der Waals surface area contributed by atoms with Crippen LogP contribution in [0.5, 0.6) is 5.75 Å². The third kappa shape index (κ3) is 4.44. The van der Waals surface area contributed by atoms with E-state index in [0.29, 0.717) is 10.9 Å². The number of rotatable bonds is 5. The number of nitrogens with one attached hydrogen (secondary N) is 1. The number of aromatic nitrogens is 2. The molecule has 0 saturated heterocycles. The Morgan fingerprint density at radius 3 is 2.80 bits per heavy atom. The van der Waals surface area contributed by atoms with E-state index in [2.05, 4.69) is 15.3 Å². The smallest absolute Gasteiger partial charge is 0.420 e. The molecule has 0 spiro atoms. The number of benzene rings is 1. The minimum Gasteiger partial charge on any atom is -0.489 e. The normalized spacial score (nSPS) is 19.7. The van der Waals surface area contributed by atoms with Gasteiger partial charge in [-0.1, -0.05) is 24.2 Å². The van der Waals surface area contributed by atoms with Crippen molar-refractivity contribution in [2.45, 2.75) is 50.6 Å². The number of pyridine rings is 1. The lowest BCUT2D eigenvalue weighted by Gasteiger charge is -2.27. The SMILES string of the molecule is Nc1nccc(COc2ccc3nc(N[C@@H]4CCCC[C@H]4O)sc3c2)c1C(F)(F)F. The number of hydrogen-bond donors (Lipinski definition) is 3. The molecular weight excluding hydrogens is 417 g/mol. The Kier molecular flexibility index (Phi) is 5.70. The number of halogens is 3. The van der Waals surface area contributed by atoms with E-state index in [0.717, 1.165) is 35.9 Å². The van der Waals surface area contributed by atoms with Crippen LogP contribution in [-0.4, -0.2) is 27.2 Å². The topological polar surface area (TPSA) is 93.3 Å². The molecule has 4 N–H and O–H groups in total. The van der Waals surface area contributed by atoms with E-state index in [1.54, 1.807) is 18.2 Å². The summed E-state index contributed by atoms with van der Waals surface area (Å²) in [5, 5.41) is 14.1. The van der Waals surface area contributed by atoms with E-state index in [9.17, 15) is 18.3 Å². The molecule has 3 aromatic rings. The van der Waals surface area contributed by atoms with Crippen molar-refractivity contribution in [3.8, 4) is 5.75 Å². The molecule has 2 aromatic heterocycles. The van der Waals surface area contributed by atoms with Gasteiger partial charge in [0.15, 0.2) is 5.13 Å². The van der Waals surface area contributed by atoms with Crippen LogP contribution in [-0.2, 0) is 12.8 Å². The Bertz CT molecular complexity index is 1040. The molecule has 0 aliphatic heterocycles. The number of anilines is 2. The summed E-state index contributed by atoms with van der Waals surface area (Å²) in [4.78, 5) is 8.05. The Labute approximate surface area is 174 Å². The van der Waals surface area contributed by atoms with Crippen molar-refractivity contribution in [2.75, 3.05) is 11.1 Å². The second-order valence-electron chi connectivity index (χ2n) is 7.27. The van der Waals surface area contributed by atoms with Crippen LogP contribution in [0.2, 0.25) is 0 Å². The maximum absolute atomic E-state index is 13.3. The average Bonchev–Trinajstić information content (AvgIpc) is 3.08. The molecule has 1 aliphatic carbocycles. The lowest BCUT2D eigenvalue weighted by atomic mass is 9.93. The Morgan fingerprint density at radius 1 is 1.23 bits per heavy atom. The minimum absolute atomic E-state index is 0.0204. The number of nitrogen functional groups attached to an aromatic ring is 1. The van der Waals surface area contributed by atoms with Gasteiger partial charge in [-0.15, -0.1) is 0 Å². The van der Waals surface area contributed by atoms with Crippen molar-refractivity contribution in [2.24, 2.45) is 0 Å². The number of alkyl halides is 3. The first kappa shape index (κ1) is 20.7. The molecule has 1 aliphatic rings. The first-order valence-electron chi connectivity index (χ1n) is 9.60. The van der Waals surface area contributed by atoms with Crippen molar-refractivity contribution in [1.29, 1.82) is 0 Å². The standard InChI is InChI=1S/C20H21F3N4O2S/c21-20(22,23)17-11(7-8-25-18(17)24)10-29-12-5-6-14-16(9-12)30-19(27-14)26-13-3-1-2-4-15(13)28/h5-9,13,15,28H,1-4,10H2,(H2,24,25)(H,26,27)/t13-,15-/m1/s1. The van der Waals surface area contributed by atoms with Gasteiger partial charge in [0.05, 0.1) is 22.4 Å². The Hall–Kier alpha value is -2.59. The second kappa shape index (κ2) is 8.27. The molecular formula is C20H21F3N4O2S. The molecule has 6 nitrogen and oxygen atoms in total. The van der Waals surface area contributed by atoms with E-state index in [1.165, 1.54) is 23.6 Å². The maximum Gasteiger partial charge on any atom is 0.420 e. The van der Waals surface area contributed by atoms with Crippen LogP contribution >= 0.6 is 11.3 Å². The lowest BCUT2D eigenvalue weighted by molar-refractivity contribution is -0.138. The van der Waals surface area contributed by atoms with Crippen LogP contribution in [0.1, 0.15) is 36.8 Å². The van der Waals surface area contributed by atoms with Crippen LogP contribution in [0.3, 0.4) is 0 Å². The zero-order chi connectivity index (χ0) is 21.3. The molecule has 0 unspecified atom stereocenters. The van der Waals surface area contributed by atoms with E-state index in [4.69, 9.17) is 10.5 Å². The predicted octanol–water partition coefficient (Wildman–Crippen LogP) is 4.59. The van der Waals surface area contributed by atoms with Crippen molar-refractivity contribution in [3.63, 3.8) is 0 Å². The number of nitrogens with two attached hydrogens (primary N) is 1. The van der Waals surface area contributed by atoms with Gasteiger partial charge < -0.3 is 20.9 Å². The summed E-state index contributed by atoms with van der Waals surface area (Å²) in [6.07, 6.45) is -0.00534. The fourth-order valence-electron chi connectivity index (χ4n) is 3.62. The number of hydrogen-bond acceptors (Lipinski definition) is 7. The van der Waals surface area contributed by atoms with Gasteiger partial charge >= 0.3 is 6.18 Å². The van der Waals surface area contributed by atoms with Crippen LogP contribution in [0.15, 0.2) is 30.5 Å². The number of ether oxygens (including phenoxy) is 1. The summed E-state index contributed by atoms with van der Waals surface area (Å²) in [5.41, 5.74) is 5.13. The highest BCUT2D eigenvalue weighted by molar-refractivity contribution is 7.22. The number of aliphatic hydroxyl groups excluding tert-OH is 1. The van der Waals surface area contributed by atoms with E-state index >= 15 is 0 Å². The quantitative estimate of drug-likeness (QED) is 0.540. The van der Waals surface area contributed by atoms with E-state index in [1.807, 2.05) is 0 Å². The minimum atomic E-state index is -4.61. The van der Waals surface area contributed by atoms with Crippen LogP contribution in [0.4, 0.5) is 24.1 Å². The van der Waals surface area contributed by atoms with Gasteiger partial charge in [-0.3, -0.25) is 0 Å². The van der Waals surface area contributed by atoms with Crippen LogP contribution in [0, 0.1) is 0 Å².